The number of rotatable bonds is 5. The Morgan fingerprint density at radius 3 is 2.67 bits per heavy atom. The molecule has 0 atom stereocenters. The van der Waals surface area contributed by atoms with Crippen molar-refractivity contribution in [2.45, 2.75) is 18.4 Å². The number of carboxylic acid groups (broad SMARTS) is 1. The van der Waals surface area contributed by atoms with Gasteiger partial charge in [-0.05, 0) is 6.92 Å². The zero-order valence-corrected chi connectivity index (χ0v) is 12.6. The van der Waals surface area contributed by atoms with Gasteiger partial charge in [-0.15, -0.1) is 0 Å². The van der Waals surface area contributed by atoms with E-state index in [-0.39, 0.29) is 17.2 Å². The van der Waals surface area contributed by atoms with Gasteiger partial charge in [0.1, 0.15) is 16.5 Å². The fourth-order valence-electron chi connectivity index (χ4n) is 1.83. The maximum atomic E-state index is 12.5. The van der Waals surface area contributed by atoms with Gasteiger partial charge in [-0.1, -0.05) is 0 Å². The van der Waals surface area contributed by atoms with Crippen molar-refractivity contribution in [3.8, 4) is 0 Å². The first-order valence-corrected chi connectivity index (χ1v) is 7.43. The number of imidazole rings is 1. The lowest BCUT2D eigenvalue weighted by atomic mass is 10.4. The molecule has 0 spiro atoms. The van der Waals surface area contributed by atoms with E-state index < -0.39 is 21.8 Å². The molecule has 0 fully saturated rings. The van der Waals surface area contributed by atoms with Crippen LogP contribution in [0.4, 0.5) is 0 Å². The van der Waals surface area contributed by atoms with Crippen molar-refractivity contribution in [2.75, 3.05) is 7.05 Å². The number of hydrogen-bond acceptors (Lipinski definition) is 5. The Morgan fingerprint density at radius 2 is 2.19 bits per heavy atom. The highest BCUT2D eigenvalue weighted by Crippen LogP contribution is 2.23. The van der Waals surface area contributed by atoms with Crippen LogP contribution in [0.2, 0.25) is 0 Å². The summed E-state index contributed by atoms with van der Waals surface area (Å²) in [7, 11) is -0.694. The minimum atomic E-state index is -3.85. The zero-order chi connectivity index (χ0) is 15.8. The van der Waals surface area contributed by atoms with Gasteiger partial charge < -0.3 is 14.1 Å². The number of carboxylic acids is 1. The van der Waals surface area contributed by atoms with Gasteiger partial charge in [-0.2, -0.15) is 4.31 Å². The summed E-state index contributed by atoms with van der Waals surface area (Å²) in [5, 5.41) is 8.86. The van der Waals surface area contributed by atoms with Crippen molar-refractivity contribution in [3.63, 3.8) is 0 Å². The van der Waals surface area contributed by atoms with E-state index in [0.717, 1.165) is 10.4 Å². The minimum absolute atomic E-state index is 0.0408. The van der Waals surface area contributed by atoms with E-state index >= 15 is 0 Å². The number of hydrogen-bond donors (Lipinski definition) is 1. The lowest BCUT2D eigenvalue weighted by molar-refractivity contribution is 0.0661. The van der Waals surface area contributed by atoms with Crippen LogP contribution in [0.15, 0.2) is 27.8 Å². The molecule has 0 unspecified atom stereocenters. The lowest BCUT2D eigenvalue weighted by Gasteiger charge is -2.16. The topological polar surface area (TPSA) is 106 Å². The van der Waals surface area contributed by atoms with E-state index in [1.54, 1.807) is 24.0 Å². The van der Waals surface area contributed by atoms with Crippen LogP contribution >= 0.6 is 0 Å². The molecule has 21 heavy (non-hydrogen) atoms. The van der Waals surface area contributed by atoms with E-state index in [9.17, 15) is 13.2 Å². The largest absolute Gasteiger partial charge is 0.475 e. The average Bonchev–Trinajstić information content (AvgIpc) is 2.96. The fourth-order valence-corrected chi connectivity index (χ4v) is 3.11. The van der Waals surface area contributed by atoms with Gasteiger partial charge in [0.2, 0.25) is 15.8 Å². The second-order valence-corrected chi connectivity index (χ2v) is 6.57. The van der Waals surface area contributed by atoms with Crippen LogP contribution in [0.3, 0.4) is 0 Å². The molecule has 2 aromatic heterocycles. The van der Waals surface area contributed by atoms with Crippen LogP contribution in [-0.2, 0) is 23.6 Å². The van der Waals surface area contributed by atoms with E-state index in [1.807, 2.05) is 0 Å². The highest BCUT2D eigenvalue weighted by Gasteiger charge is 2.28. The first-order chi connectivity index (χ1) is 9.73. The number of sulfonamides is 1. The maximum Gasteiger partial charge on any atom is 0.371 e. The second kappa shape index (κ2) is 5.34. The molecule has 0 saturated heterocycles. The molecule has 0 aliphatic carbocycles. The Bertz CT molecular complexity index is 775. The lowest BCUT2D eigenvalue weighted by Crippen LogP contribution is -2.28. The van der Waals surface area contributed by atoms with Gasteiger partial charge >= 0.3 is 5.97 Å². The van der Waals surface area contributed by atoms with Crippen LogP contribution in [0.5, 0.6) is 0 Å². The first-order valence-electron chi connectivity index (χ1n) is 5.99. The van der Waals surface area contributed by atoms with Crippen LogP contribution in [0, 0.1) is 6.92 Å². The number of aryl methyl sites for hydroxylation is 2. The summed E-state index contributed by atoms with van der Waals surface area (Å²) in [5.41, 5.74) is 0. The van der Waals surface area contributed by atoms with Crippen molar-refractivity contribution in [1.82, 2.24) is 13.9 Å². The number of furan rings is 1. The highest BCUT2D eigenvalue weighted by molar-refractivity contribution is 7.89. The molecule has 1 N–H and O–H groups in total. The molecule has 2 heterocycles. The summed E-state index contributed by atoms with van der Waals surface area (Å²) in [6, 6.07) is 1.02. The molecule has 0 aromatic carbocycles. The summed E-state index contributed by atoms with van der Waals surface area (Å²) in [5.74, 6) is -1.11. The van der Waals surface area contributed by atoms with E-state index in [4.69, 9.17) is 9.52 Å². The van der Waals surface area contributed by atoms with Gasteiger partial charge in [0.15, 0.2) is 0 Å². The third kappa shape index (κ3) is 2.83. The maximum absolute atomic E-state index is 12.5. The van der Waals surface area contributed by atoms with Gasteiger partial charge in [0.05, 0.1) is 6.54 Å². The Balaban J connectivity index is 2.33. The smallest absolute Gasteiger partial charge is 0.371 e. The molecule has 0 amide bonds. The summed E-state index contributed by atoms with van der Waals surface area (Å²) in [4.78, 5) is 14.8. The Labute approximate surface area is 121 Å². The first kappa shape index (κ1) is 15.3. The number of aromatic carboxylic acids is 1. The minimum Gasteiger partial charge on any atom is -0.475 e. The third-order valence-electron chi connectivity index (χ3n) is 3.06. The molecule has 0 aliphatic heterocycles. The van der Waals surface area contributed by atoms with E-state index in [0.29, 0.717) is 5.82 Å². The van der Waals surface area contributed by atoms with Crippen molar-refractivity contribution in [1.29, 1.82) is 0 Å². The Morgan fingerprint density at radius 1 is 1.52 bits per heavy atom. The zero-order valence-electron chi connectivity index (χ0n) is 11.8. The molecule has 0 saturated carbocycles. The SMILES string of the molecule is Cc1oc(C(=O)O)cc1S(=O)(=O)N(C)Cc1nccn1C. The van der Waals surface area contributed by atoms with Gasteiger partial charge in [0, 0.05) is 32.6 Å². The van der Waals surface area contributed by atoms with Gasteiger partial charge in [-0.3, -0.25) is 0 Å². The third-order valence-corrected chi connectivity index (χ3v) is 4.97. The predicted molar refractivity (Wildman–Crippen MR) is 72.3 cm³/mol. The average molecular weight is 313 g/mol. The molecule has 0 aliphatic rings. The summed E-state index contributed by atoms with van der Waals surface area (Å²) in [6.45, 7) is 1.48. The molecule has 8 nitrogen and oxygen atoms in total. The van der Waals surface area contributed by atoms with Crippen molar-refractivity contribution in [2.24, 2.45) is 7.05 Å². The van der Waals surface area contributed by atoms with E-state index in [1.165, 1.54) is 14.0 Å². The number of aromatic nitrogens is 2. The van der Waals surface area contributed by atoms with Crippen LogP contribution in [0.25, 0.3) is 0 Å². The monoisotopic (exact) mass is 313 g/mol. The van der Waals surface area contributed by atoms with Crippen molar-refractivity contribution in [3.05, 3.63) is 35.8 Å². The molecule has 114 valence electrons. The van der Waals surface area contributed by atoms with Crippen molar-refractivity contribution < 1.29 is 22.7 Å². The molecule has 2 rings (SSSR count). The summed E-state index contributed by atoms with van der Waals surface area (Å²) < 4.78 is 32.7. The van der Waals surface area contributed by atoms with Crippen molar-refractivity contribution >= 4 is 16.0 Å². The Hall–Kier alpha value is -2.13. The summed E-state index contributed by atoms with van der Waals surface area (Å²) >= 11 is 0. The molecule has 2 aromatic rings. The van der Waals surface area contributed by atoms with Gasteiger partial charge in [-0.25, -0.2) is 18.2 Å². The second-order valence-electron chi connectivity index (χ2n) is 4.55. The molecular weight excluding hydrogens is 298 g/mol. The predicted octanol–water partition coefficient (Wildman–Crippen LogP) is 0.840. The standard InChI is InChI=1S/C12H15N3O5S/c1-8-10(6-9(20-8)12(16)17)21(18,19)15(3)7-11-13-4-5-14(11)2/h4-6H,7H2,1-3H3,(H,16,17). The molecular formula is C12H15N3O5S. The highest BCUT2D eigenvalue weighted by atomic mass is 32.2. The fraction of sp³-hybridized carbons (Fsp3) is 0.333. The molecule has 0 radical (unpaired) electrons. The Kier molecular flexibility index (Phi) is 3.88. The molecule has 0 bridgehead atoms. The van der Waals surface area contributed by atoms with E-state index in [2.05, 4.69) is 4.98 Å². The van der Waals surface area contributed by atoms with Crippen LogP contribution < -0.4 is 0 Å². The molecule has 9 heteroatoms. The number of carbonyl (C=O) groups is 1. The quantitative estimate of drug-likeness (QED) is 0.877. The van der Waals surface area contributed by atoms with Crippen LogP contribution in [0.1, 0.15) is 22.1 Å². The van der Waals surface area contributed by atoms with Gasteiger partial charge in [0.25, 0.3) is 0 Å². The number of nitrogens with zero attached hydrogens (tertiary/aromatic N) is 3. The van der Waals surface area contributed by atoms with Crippen LogP contribution in [-0.4, -0.2) is 40.4 Å². The summed E-state index contributed by atoms with van der Waals surface area (Å²) in [6.07, 6.45) is 3.28. The normalized spacial score (nSPS) is 12.0.